The number of rotatable bonds is 6. The lowest BCUT2D eigenvalue weighted by atomic mass is 9.85. The first-order valence-corrected chi connectivity index (χ1v) is 9.16. The highest BCUT2D eigenvalue weighted by atomic mass is 16.5. The number of likely N-dealkylation sites (tertiary alicyclic amines) is 1. The lowest BCUT2D eigenvalue weighted by molar-refractivity contribution is 0.0895. The number of nitrogens with zero attached hydrogens (tertiary/aromatic N) is 1. The topological polar surface area (TPSA) is 38.8 Å². The molecule has 2 aromatic rings. The van der Waals surface area contributed by atoms with Gasteiger partial charge in [-0.2, -0.15) is 0 Å². The highest BCUT2D eigenvalue weighted by Crippen LogP contribution is 2.39. The van der Waals surface area contributed by atoms with Crippen molar-refractivity contribution in [1.29, 1.82) is 0 Å². The molecule has 1 aliphatic carbocycles. The number of hydrogen-bond acceptors (Lipinski definition) is 4. The molecule has 2 aliphatic rings. The maximum Gasteiger partial charge on any atom is 0.166 e. The van der Waals surface area contributed by atoms with Gasteiger partial charge in [-0.15, -0.1) is 0 Å². The van der Waals surface area contributed by atoms with Crippen LogP contribution in [0.25, 0.3) is 0 Å². The lowest BCUT2D eigenvalue weighted by Crippen LogP contribution is -2.34. The van der Waals surface area contributed by atoms with Gasteiger partial charge in [-0.3, -0.25) is 9.69 Å². The number of ketones is 1. The predicted octanol–water partition coefficient (Wildman–Crippen LogP) is 4.36. The summed E-state index contributed by atoms with van der Waals surface area (Å²) in [6.45, 7) is -1.45. The molecule has 4 rings (SSSR count). The van der Waals surface area contributed by atoms with Gasteiger partial charge in [0.1, 0.15) is 0 Å². The van der Waals surface area contributed by atoms with Crippen LogP contribution in [0.1, 0.15) is 57.1 Å². The largest absolute Gasteiger partial charge is 0.493 e. The van der Waals surface area contributed by atoms with Gasteiger partial charge in [-0.25, -0.2) is 0 Å². The van der Waals surface area contributed by atoms with Crippen LogP contribution in [0.2, 0.25) is 0 Å². The highest BCUT2D eigenvalue weighted by Gasteiger charge is 2.34. The molecule has 0 N–H and O–H groups in total. The molecule has 4 nitrogen and oxygen atoms in total. The van der Waals surface area contributed by atoms with Gasteiger partial charge >= 0.3 is 0 Å². The van der Waals surface area contributed by atoms with Crippen molar-refractivity contribution in [1.82, 2.24) is 4.90 Å². The number of methoxy groups -OCH3 is 2. The van der Waals surface area contributed by atoms with Crippen molar-refractivity contribution < 1.29 is 30.7 Å². The molecule has 2 aromatic carbocycles. The Balaban J connectivity index is 1.62. The van der Waals surface area contributed by atoms with Crippen molar-refractivity contribution in [2.75, 3.05) is 27.2 Å². The first kappa shape index (κ1) is 9.45. The lowest BCUT2D eigenvalue weighted by Gasteiger charge is -2.32. The molecule has 0 aromatic heterocycles. The van der Waals surface area contributed by atoms with Crippen LogP contribution in [0.3, 0.4) is 0 Å². The minimum Gasteiger partial charge on any atom is -0.493 e. The fraction of sp³-hybridized carbons (Fsp3) is 0.458. The van der Waals surface area contributed by atoms with E-state index < -0.39 is 62.4 Å². The molecule has 1 heterocycles. The Morgan fingerprint density at radius 3 is 2.57 bits per heavy atom. The summed E-state index contributed by atoms with van der Waals surface area (Å²) in [4.78, 5) is 15.1. The Kier molecular flexibility index (Phi) is 2.82. The van der Waals surface area contributed by atoms with Gasteiger partial charge in [0.25, 0.3) is 0 Å². The van der Waals surface area contributed by atoms with Crippen LogP contribution in [0.15, 0.2) is 42.5 Å². The second kappa shape index (κ2) is 8.36. The first-order valence-electron chi connectivity index (χ1n) is 15.2. The van der Waals surface area contributed by atoms with Crippen LogP contribution >= 0.6 is 0 Å². The number of benzene rings is 2. The average Bonchev–Trinajstić information content (AvgIpc) is 3.02. The van der Waals surface area contributed by atoms with Crippen molar-refractivity contribution >= 4 is 5.78 Å². The van der Waals surface area contributed by atoms with Crippen molar-refractivity contribution in [3.63, 3.8) is 0 Å². The molecule has 1 saturated heterocycles. The molecule has 0 spiro atoms. The third-order valence-corrected chi connectivity index (χ3v) is 5.09. The van der Waals surface area contributed by atoms with E-state index in [1.165, 1.54) is 0 Å². The van der Waals surface area contributed by atoms with Crippen LogP contribution in [-0.2, 0) is 12.9 Å². The molecule has 0 saturated carbocycles. The Morgan fingerprint density at radius 1 is 1.14 bits per heavy atom. The summed E-state index contributed by atoms with van der Waals surface area (Å²) in [7, 11) is -6.07. The monoisotopic (exact) mass is 391 g/mol. The zero-order valence-electron chi connectivity index (χ0n) is 27.2. The number of piperidine rings is 1. The quantitative estimate of drug-likeness (QED) is 0.733. The van der Waals surface area contributed by atoms with Crippen molar-refractivity contribution in [3.05, 3.63) is 59.2 Å². The summed E-state index contributed by atoms with van der Waals surface area (Å²) in [5.41, 5.74) is -0.172. The van der Waals surface area contributed by atoms with E-state index in [1.54, 1.807) is 35.2 Å². The Labute approximate surface area is 184 Å². The number of fused-ring (bicyclic) bond motifs is 1. The van der Waals surface area contributed by atoms with E-state index >= 15 is 0 Å². The summed E-state index contributed by atoms with van der Waals surface area (Å²) in [5.74, 6) is -4.71. The van der Waals surface area contributed by atoms with Crippen molar-refractivity contribution in [2.45, 2.75) is 32.1 Å². The molecule has 0 bridgehead atoms. The van der Waals surface area contributed by atoms with Crippen LogP contribution in [0.5, 0.6) is 11.5 Å². The summed E-state index contributed by atoms with van der Waals surface area (Å²) in [6.07, 6.45) is -4.63. The van der Waals surface area contributed by atoms with E-state index in [1.807, 2.05) is 0 Å². The van der Waals surface area contributed by atoms with E-state index in [0.29, 0.717) is 5.56 Å². The van der Waals surface area contributed by atoms with Crippen LogP contribution in [0.4, 0.5) is 0 Å². The molecule has 0 radical (unpaired) electrons. The smallest absolute Gasteiger partial charge is 0.166 e. The van der Waals surface area contributed by atoms with Crippen molar-refractivity contribution in [2.24, 2.45) is 11.8 Å². The van der Waals surface area contributed by atoms with Crippen LogP contribution < -0.4 is 9.47 Å². The zero-order chi connectivity index (χ0) is 29.9. The molecule has 28 heavy (non-hydrogen) atoms. The van der Waals surface area contributed by atoms with Gasteiger partial charge < -0.3 is 9.47 Å². The number of hydrogen-bond donors (Lipinski definition) is 0. The minimum atomic E-state index is -3.04. The number of carbonyl (C=O) groups is 1. The van der Waals surface area contributed by atoms with Crippen LogP contribution in [0, 0.1) is 11.8 Å². The van der Waals surface area contributed by atoms with E-state index in [9.17, 15) is 4.79 Å². The highest BCUT2D eigenvalue weighted by molar-refractivity contribution is 6.02. The molecular formula is C24H29NO3. The summed E-state index contributed by atoms with van der Waals surface area (Å²) in [5, 5.41) is 0. The molecule has 1 atom stereocenters. The number of carbonyl (C=O) groups excluding carboxylic acids is 1. The Hall–Kier alpha value is -2.33. The summed E-state index contributed by atoms with van der Waals surface area (Å²) >= 11 is 0. The van der Waals surface area contributed by atoms with Crippen molar-refractivity contribution in [3.8, 4) is 11.5 Å². The maximum atomic E-state index is 13.5. The normalized spacial score (nSPS) is 30.3. The fourth-order valence-corrected chi connectivity index (χ4v) is 3.63. The second-order valence-corrected chi connectivity index (χ2v) is 6.90. The maximum absolute atomic E-state index is 13.5. The van der Waals surface area contributed by atoms with Gasteiger partial charge in [-0.05, 0) is 67.9 Å². The molecule has 1 aliphatic heterocycles. The van der Waals surface area contributed by atoms with Gasteiger partial charge in [0.15, 0.2) is 17.3 Å². The molecular weight excluding hydrogens is 350 g/mol. The van der Waals surface area contributed by atoms with E-state index in [4.69, 9.17) is 25.9 Å². The van der Waals surface area contributed by atoms with Gasteiger partial charge in [0.2, 0.25) is 0 Å². The SMILES string of the molecule is [2H]C([2H])([2H])Oc1cc2c(cc1OC([2H])([2H])[2H])C([2H])([2H])C(C([2H])([2H])C1CCN(C([2H])([2H])c3ccccc3)CC1)C2=O. The fourth-order valence-electron chi connectivity index (χ4n) is 3.63. The van der Waals surface area contributed by atoms with E-state index in [0.717, 1.165) is 12.1 Å². The van der Waals surface area contributed by atoms with E-state index in [-0.39, 0.29) is 37.1 Å². The second-order valence-electron chi connectivity index (χ2n) is 6.90. The Morgan fingerprint density at radius 2 is 1.86 bits per heavy atom. The average molecular weight is 392 g/mol. The molecule has 0 amide bonds. The molecule has 1 unspecified atom stereocenters. The number of Topliss-reactive ketones (excluding diaryl/α,β-unsaturated/α-hetero) is 1. The Bertz CT molecular complexity index is 1250. The predicted molar refractivity (Wildman–Crippen MR) is 110 cm³/mol. The van der Waals surface area contributed by atoms with Crippen LogP contribution in [-0.4, -0.2) is 37.8 Å². The molecule has 148 valence electrons. The summed E-state index contributed by atoms with van der Waals surface area (Å²) < 4.78 is 106. The standard InChI is InChI=1S/C24H29NO3/c1-27-22-14-19-13-20(24(26)21(19)15-23(22)28-2)12-17-8-10-25(11-9-17)16-18-6-4-3-5-7-18/h3-7,14-15,17,20H,8-13,16H2,1-2H3/i1D3,2D3,12D2,13D2,16D2. The van der Waals surface area contributed by atoms with Gasteiger partial charge in [0, 0.05) is 26.2 Å². The number of ether oxygens (including phenoxy) is 2. The zero-order valence-corrected chi connectivity index (χ0v) is 15.2. The van der Waals surface area contributed by atoms with Gasteiger partial charge in [-0.1, -0.05) is 30.3 Å². The molecule has 1 fully saturated rings. The third-order valence-electron chi connectivity index (χ3n) is 5.09. The first-order chi connectivity index (χ1) is 18.2. The minimum absolute atomic E-state index is 0.163. The van der Waals surface area contributed by atoms with E-state index in [2.05, 4.69) is 0 Å². The molecule has 4 heteroatoms. The third kappa shape index (κ3) is 3.93. The summed E-state index contributed by atoms with van der Waals surface area (Å²) in [6, 6.07) is 10.4. The van der Waals surface area contributed by atoms with Gasteiger partial charge in [0.05, 0.1) is 22.3 Å².